The molecule has 0 aliphatic carbocycles. The number of Topliss-reactive ketones (excluding diaryl/α,β-unsaturated/α-hetero) is 1. The van der Waals surface area contributed by atoms with Crippen LogP contribution in [0.1, 0.15) is 146 Å². The lowest BCUT2D eigenvalue weighted by Crippen LogP contribution is -2.62. The predicted molar refractivity (Wildman–Crippen MR) is 323 cm³/mol. The smallest absolute Gasteiger partial charge is 0.329 e. The van der Waals surface area contributed by atoms with E-state index in [1.54, 1.807) is 65.8 Å². The molecule has 14 atom stereocenters. The number of hydrogen-bond acceptors (Lipinski definition) is 17. The van der Waals surface area contributed by atoms with Gasteiger partial charge in [0.15, 0.2) is 11.9 Å². The SMILES string of the molecule is CC[C@H](C)[C@H]1NC(=O)[C@@H](NC(=O)[C@@H](CC(C)C)N(C)C(=O)[C@@H]2CCCN2C(=O)[C@H](C)NC(=O)C(N)CCC(N)=O)[C@@H](C)OC(=O)[C@H](Cc2ccc(OC)cc2)N(C)C(=O)[C@@H]2CCCN2C(=O)[C@H](CC(C)C)NC(=O)[C@@H](C)C(=O)[C@H](C(C)C)OC(=O)C[C@@H]1O. The Morgan fingerprint density at radius 2 is 1.49 bits per heavy atom. The van der Waals surface area contributed by atoms with E-state index in [0.717, 1.165) is 0 Å². The lowest BCUT2D eigenvalue weighted by atomic mass is 9.91. The Labute approximate surface area is 517 Å². The maximum Gasteiger partial charge on any atom is 0.329 e. The van der Waals surface area contributed by atoms with Crippen molar-refractivity contribution in [3.05, 3.63) is 29.8 Å². The van der Waals surface area contributed by atoms with Gasteiger partial charge in [-0.25, -0.2) is 4.79 Å². The van der Waals surface area contributed by atoms with Crippen molar-refractivity contribution in [3.63, 3.8) is 0 Å². The van der Waals surface area contributed by atoms with Gasteiger partial charge < -0.3 is 71.7 Å². The highest BCUT2D eigenvalue weighted by atomic mass is 16.6. The Kier molecular flexibility index (Phi) is 27.8. The van der Waals surface area contributed by atoms with Crippen molar-refractivity contribution in [3.8, 4) is 5.75 Å². The van der Waals surface area contributed by atoms with E-state index < -0.39 is 168 Å². The molecule has 26 nitrogen and oxygen atoms in total. The second-order valence-corrected chi connectivity index (χ2v) is 25.1. The molecule has 3 saturated heterocycles. The lowest BCUT2D eigenvalue weighted by Gasteiger charge is -2.36. The first kappa shape index (κ1) is 73.3. The van der Waals surface area contributed by atoms with Crippen molar-refractivity contribution in [1.29, 1.82) is 0 Å². The molecule has 0 spiro atoms. The number of nitrogens with one attached hydrogen (secondary N) is 4. The van der Waals surface area contributed by atoms with Gasteiger partial charge in [0.2, 0.25) is 53.2 Å². The number of carbonyl (C=O) groups excluding carboxylic acids is 12. The largest absolute Gasteiger partial charge is 0.497 e. The van der Waals surface area contributed by atoms with Crippen molar-refractivity contribution >= 4 is 70.9 Å². The number of cyclic esters (lactones) is 2. The molecule has 0 radical (unpaired) electrons. The third-order valence-electron chi connectivity index (χ3n) is 16.9. The van der Waals surface area contributed by atoms with E-state index in [1.807, 2.05) is 13.8 Å². The van der Waals surface area contributed by atoms with Gasteiger partial charge in [-0.3, -0.25) is 52.7 Å². The van der Waals surface area contributed by atoms with Crippen LogP contribution in [0.25, 0.3) is 0 Å². The van der Waals surface area contributed by atoms with E-state index in [0.29, 0.717) is 30.6 Å². The molecule has 3 aliphatic heterocycles. The van der Waals surface area contributed by atoms with Gasteiger partial charge in [-0.05, 0) is 107 Å². The molecule has 1 aromatic rings. The molecule has 3 fully saturated rings. The van der Waals surface area contributed by atoms with E-state index >= 15 is 14.4 Å². The number of fused-ring (bicyclic) bond motifs is 1. The minimum Gasteiger partial charge on any atom is -0.497 e. The predicted octanol–water partition coefficient (Wildman–Crippen LogP) is 1.03. The van der Waals surface area contributed by atoms with Crippen molar-refractivity contribution < 1.29 is 76.9 Å². The van der Waals surface area contributed by atoms with Crippen LogP contribution >= 0.6 is 0 Å². The van der Waals surface area contributed by atoms with Gasteiger partial charge in [-0.15, -0.1) is 0 Å². The van der Waals surface area contributed by atoms with Crippen LogP contribution in [0.15, 0.2) is 24.3 Å². The third kappa shape index (κ3) is 19.6. The van der Waals surface area contributed by atoms with Crippen molar-refractivity contribution in [1.82, 2.24) is 40.9 Å². The van der Waals surface area contributed by atoms with E-state index in [9.17, 15) is 48.3 Å². The van der Waals surface area contributed by atoms with Gasteiger partial charge in [-0.1, -0.05) is 73.9 Å². The molecule has 26 heteroatoms. The summed E-state index contributed by atoms with van der Waals surface area (Å²) in [6, 6.07) is -4.88. The Hall–Kier alpha value is -7.22. The van der Waals surface area contributed by atoms with Crippen molar-refractivity contribution in [2.24, 2.45) is 41.1 Å². The number of likely N-dealkylation sites (tertiary alicyclic amines) is 1. The fourth-order valence-electron chi connectivity index (χ4n) is 11.3. The van der Waals surface area contributed by atoms with Crippen molar-refractivity contribution in [2.45, 2.75) is 219 Å². The van der Waals surface area contributed by atoms with Crippen LogP contribution in [-0.2, 0) is 73.4 Å². The number of esters is 2. The summed E-state index contributed by atoms with van der Waals surface area (Å²) in [6.07, 6.45) is -4.29. The van der Waals surface area contributed by atoms with E-state index in [2.05, 4.69) is 21.3 Å². The molecule has 1 aromatic carbocycles. The van der Waals surface area contributed by atoms with Gasteiger partial charge in [0.05, 0.1) is 37.6 Å². The summed E-state index contributed by atoms with van der Waals surface area (Å²) in [4.78, 5) is 175. The fourth-order valence-corrected chi connectivity index (χ4v) is 11.3. The Balaban J connectivity index is 1.84. The van der Waals surface area contributed by atoms with Gasteiger partial charge in [0.1, 0.15) is 54.1 Å². The average molecular weight is 1240 g/mol. The Morgan fingerprint density at radius 3 is 2.07 bits per heavy atom. The average Bonchev–Trinajstić information content (AvgIpc) is 2.94. The minimum absolute atomic E-state index is 0.0157. The number of nitrogens with two attached hydrogens (primary N) is 2. The number of nitrogens with zero attached hydrogens (tertiary/aromatic N) is 4. The molecule has 0 aromatic heterocycles. The summed E-state index contributed by atoms with van der Waals surface area (Å²) in [5.74, 6) is -12.0. The molecule has 1 unspecified atom stereocenters. The number of rotatable bonds is 20. The second kappa shape index (κ2) is 33.4. The maximum atomic E-state index is 15.2. The number of carbonyl (C=O) groups is 12. The Morgan fingerprint density at radius 1 is 0.852 bits per heavy atom. The molecule has 9 N–H and O–H groups in total. The fraction of sp³-hybridized carbons (Fsp3) is 0.710. The van der Waals surface area contributed by atoms with Crippen LogP contribution in [0.3, 0.4) is 0 Å². The number of aliphatic hydroxyl groups is 1. The van der Waals surface area contributed by atoms with Crippen LogP contribution in [0, 0.1) is 29.6 Å². The highest BCUT2D eigenvalue weighted by molar-refractivity contribution is 6.05. The zero-order valence-electron chi connectivity index (χ0n) is 53.8. The topological polar surface area (TPSA) is 366 Å². The van der Waals surface area contributed by atoms with Crippen LogP contribution in [0.5, 0.6) is 5.75 Å². The Bertz CT molecular complexity index is 2650. The summed E-state index contributed by atoms with van der Waals surface area (Å²) in [7, 11) is 4.24. The molecule has 0 saturated carbocycles. The van der Waals surface area contributed by atoms with Gasteiger partial charge in [-0.2, -0.15) is 0 Å². The molecular formula is C62H98N10O16. The van der Waals surface area contributed by atoms with Crippen LogP contribution in [0.2, 0.25) is 0 Å². The standard InChI is InChI=1S/C62H98N10O16/c1-15-35(8)50-47(73)31-49(75)88-53(34(6)7)52(76)36(9)54(77)66-42(28-32(2)3)59(82)72-27-17-19-44(72)61(84)70(13)46(30-39-20-22-40(86-14)23-21-39)62(85)87-38(11)51(57(80)67-50)68-56(79)45(29-33(4)5)69(12)60(83)43-18-16-26-71(43)58(81)37(10)65-55(78)41(63)24-25-48(64)74/h20-23,32-38,41-47,50-51,53,73H,15-19,24-31,63H2,1-14H3,(H2,64,74)(H,65,78)(H,66,77)(H,67,80)(H,68,79)/t35-,36-,37-,38+,41?,42-,43-,44-,45+,46-,47-,50+,51-,53-/m0/s1. The monoisotopic (exact) mass is 1240 g/mol. The van der Waals surface area contributed by atoms with E-state index in [-0.39, 0.29) is 69.9 Å². The molecule has 9 amide bonds. The lowest BCUT2D eigenvalue weighted by molar-refractivity contribution is -0.163. The highest BCUT2D eigenvalue weighted by Gasteiger charge is 2.46. The molecule has 3 aliphatic rings. The van der Waals surface area contributed by atoms with E-state index in [1.165, 1.54) is 61.6 Å². The number of ether oxygens (including phenoxy) is 3. The molecular weight excluding hydrogens is 1140 g/mol. The summed E-state index contributed by atoms with van der Waals surface area (Å²) in [6.45, 7) is 18.3. The zero-order chi connectivity index (χ0) is 66.2. The number of ketones is 1. The first-order chi connectivity index (χ1) is 41.2. The first-order valence-corrected chi connectivity index (χ1v) is 30.9. The quantitative estimate of drug-likeness (QED) is 0.0708. The molecule has 4 rings (SSSR count). The van der Waals surface area contributed by atoms with Gasteiger partial charge in [0, 0.05) is 40.0 Å². The van der Waals surface area contributed by atoms with Gasteiger partial charge in [0.25, 0.3) is 0 Å². The van der Waals surface area contributed by atoms with Crippen LogP contribution in [-0.4, -0.2) is 203 Å². The summed E-state index contributed by atoms with van der Waals surface area (Å²) in [5, 5.41) is 22.7. The number of amides is 9. The second-order valence-electron chi connectivity index (χ2n) is 25.1. The number of hydrogen-bond donors (Lipinski definition) is 7. The summed E-state index contributed by atoms with van der Waals surface area (Å²) >= 11 is 0. The third-order valence-corrected chi connectivity index (χ3v) is 16.9. The number of methoxy groups -OCH3 is 1. The number of likely N-dealkylation sites (N-methyl/N-ethyl adjacent to an activating group) is 2. The summed E-state index contributed by atoms with van der Waals surface area (Å²) < 4.78 is 17.3. The molecule has 0 bridgehead atoms. The molecule has 88 heavy (non-hydrogen) atoms. The number of benzene rings is 1. The number of aliphatic hydroxyl groups excluding tert-OH is 1. The van der Waals surface area contributed by atoms with Crippen LogP contribution < -0.4 is 37.5 Å². The molecule has 492 valence electrons. The van der Waals surface area contributed by atoms with Crippen LogP contribution in [0.4, 0.5) is 0 Å². The summed E-state index contributed by atoms with van der Waals surface area (Å²) in [5.41, 5.74) is 11.7. The maximum absolute atomic E-state index is 15.2. The van der Waals surface area contributed by atoms with Gasteiger partial charge >= 0.3 is 11.9 Å². The zero-order valence-corrected chi connectivity index (χ0v) is 53.8. The normalized spacial score (nSPS) is 26.3. The van der Waals surface area contributed by atoms with E-state index in [4.69, 9.17) is 25.7 Å². The molecule has 3 heterocycles. The minimum atomic E-state index is -1.82. The first-order valence-electron chi connectivity index (χ1n) is 30.9. The highest BCUT2D eigenvalue weighted by Crippen LogP contribution is 2.28. The number of primary amides is 1. The van der Waals surface area contributed by atoms with Crippen molar-refractivity contribution in [2.75, 3.05) is 34.3 Å².